The largest absolute Gasteiger partial charge is 0.103 e. The van der Waals surface area contributed by atoms with Crippen LogP contribution in [0.25, 0.3) is 0 Å². The van der Waals surface area contributed by atoms with E-state index < -0.39 is 0 Å². The van der Waals surface area contributed by atoms with Crippen molar-refractivity contribution in [2.45, 2.75) is 12.8 Å². The second-order valence-electron chi connectivity index (χ2n) is 2.14. The first-order valence-electron chi connectivity index (χ1n) is 3.22. The van der Waals surface area contributed by atoms with E-state index in [9.17, 15) is 0 Å². The SMILES string of the molecule is C=CC[C]1C=CC=CC1. The van der Waals surface area contributed by atoms with E-state index in [0.29, 0.717) is 0 Å². The molecule has 1 aliphatic carbocycles. The maximum absolute atomic E-state index is 3.68. The molecule has 0 heteroatoms. The van der Waals surface area contributed by atoms with Crippen molar-refractivity contribution in [1.29, 1.82) is 0 Å². The van der Waals surface area contributed by atoms with E-state index in [2.05, 4.69) is 30.9 Å². The van der Waals surface area contributed by atoms with E-state index in [1.165, 1.54) is 5.92 Å². The fourth-order valence-corrected chi connectivity index (χ4v) is 0.894. The van der Waals surface area contributed by atoms with E-state index in [-0.39, 0.29) is 0 Å². The smallest absolute Gasteiger partial charge is 0.00507 e. The average molecular weight is 119 g/mol. The van der Waals surface area contributed by atoms with Crippen LogP contribution in [0.5, 0.6) is 0 Å². The molecule has 0 fully saturated rings. The second kappa shape index (κ2) is 3.29. The van der Waals surface area contributed by atoms with Crippen LogP contribution in [0.15, 0.2) is 37.0 Å². The third-order valence-electron chi connectivity index (χ3n) is 1.37. The van der Waals surface area contributed by atoms with Crippen LogP contribution in [-0.2, 0) is 0 Å². The van der Waals surface area contributed by atoms with Gasteiger partial charge in [-0.1, -0.05) is 30.4 Å². The summed E-state index contributed by atoms with van der Waals surface area (Å²) in [5.41, 5.74) is 0. The highest BCUT2D eigenvalue weighted by atomic mass is 14.1. The lowest BCUT2D eigenvalue weighted by Crippen LogP contribution is -1.91. The first kappa shape index (κ1) is 6.34. The van der Waals surface area contributed by atoms with Gasteiger partial charge in [-0.05, 0) is 12.8 Å². The molecule has 0 aromatic rings. The molecule has 0 saturated heterocycles. The highest BCUT2D eigenvalue weighted by Gasteiger charge is 2.01. The first-order chi connectivity index (χ1) is 4.43. The van der Waals surface area contributed by atoms with E-state index >= 15 is 0 Å². The molecule has 0 aromatic heterocycles. The van der Waals surface area contributed by atoms with Crippen molar-refractivity contribution < 1.29 is 0 Å². The van der Waals surface area contributed by atoms with Gasteiger partial charge in [-0.3, -0.25) is 0 Å². The van der Waals surface area contributed by atoms with Gasteiger partial charge in [0.25, 0.3) is 0 Å². The summed E-state index contributed by atoms with van der Waals surface area (Å²) >= 11 is 0. The molecule has 0 nitrogen and oxygen atoms in total. The molecule has 1 radical (unpaired) electrons. The Morgan fingerprint density at radius 1 is 1.56 bits per heavy atom. The summed E-state index contributed by atoms with van der Waals surface area (Å²) in [6.07, 6.45) is 12.5. The Bertz CT molecular complexity index is 138. The highest BCUT2D eigenvalue weighted by Crippen LogP contribution is 2.17. The molecule has 0 N–H and O–H groups in total. The summed E-state index contributed by atoms with van der Waals surface area (Å²) in [4.78, 5) is 0. The fourth-order valence-electron chi connectivity index (χ4n) is 0.894. The van der Waals surface area contributed by atoms with Gasteiger partial charge in [-0.2, -0.15) is 0 Å². The number of allylic oxidation sites excluding steroid dienone is 5. The summed E-state index contributed by atoms with van der Waals surface area (Å²) in [7, 11) is 0. The lowest BCUT2D eigenvalue weighted by Gasteiger charge is -2.07. The maximum Gasteiger partial charge on any atom is 0.00507 e. The number of hydrogen-bond acceptors (Lipinski definition) is 0. The topological polar surface area (TPSA) is 0 Å². The zero-order valence-corrected chi connectivity index (χ0v) is 5.51. The summed E-state index contributed by atoms with van der Waals surface area (Å²) in [6, 6.07) is 0. The van der Waals surface area contributed by atoms with Crippen LogP contribution in [0.4, 0.5) is 0 Å². The van der Waals surface area contributed by atoms with Gasteiger partial charge in [0, 0.05) is 5.92 Å². The molecule has 0 atom stereocenters. The maximum atomic E-state index is 3.68. The molecule has 0 aliphatic heterocycles. The Balaban J connectivity index is 2.36. The van der Waals surface area contributed by atoms with E-state index in [1.807, 2.05) is 6.08 Å². The highest BCUT2D eigenvalue weighted by molar-refractivity contribution is 5.24. The van der Waals surface area contributed by atoms with Gasteiger partial charge >= 0.3 is 0 Å². The Morgan fingerprint density at radius 3 is 3.00 bits per heavy atom. The van der Waals surface area contributed by atoms with E-state index in [4.69, 9.17) is 0 Å². The van der Waals surface area contributed by atoms with Crippen molar-refractivity contribution in [3.05, 3.63) is 42.9 Å². The molecule has 0 heterocycles. The minimum atomic E-state index is 1.03. The lowest BCUT2D eigenvalue weighted by atomic mass is 9.98. The van der Waals surface area contributed by atoms with Gasteiger partial charge in [-0.25, -0.2) is 0 Å². The summed E-state index contributed by atoms with van der Waals surface area (Å²) < 4.78 is 0. The Morgan fingerprint density at radius 2 is 2.44 bits per heavy atom. The van der Waals surface area contributed by atoms with Crippen LogP contribution >= 0.6 is 0 Å². The monoisotopic (exact) mass is 119 g/mol. The molecule has 0 bridgehead atoms. The molecule has 1 aliphatic rings. The van der Waals surface area contributed by atoms with Crippen LogP contribution in [0.1, 0.15) is 12.8 Å². The van der Waals surface area contributed by atoms with Crippen molar-refractivity contribution in [3.63, 3.8) is 0 Å². The molecule has 1 rings (SSSR count). The lowest BCUT2D eigenvalue weighted by molar-refractivity contribution is 0.970. The van der Waals surface area contributed by atoms with Crippen LogP contribution in [0.3, 0.4) is 0 Å². The second-order valence-corrected chi connectivity index (χ2v) is 2.14. The zero-order chi connectivity index (χ0) is 6.53. The van der Waals surface area contributed by atoms with Crippen molar-refractivity contribution >= 4 is 0 Å². The van der Waals surface area contributed by atoms with Crippen LogP contribution in [0, 0.1) is 5.92 Å². The van der Waals surface area contributed by atoms with Gasteiger partial charge in [0.15, 0.2) is 0 Å². The summed E-state index contributed by atoms with van der Waals surface area (Å²) in [6.45, 7) is 3.68. The standard InChI is InChI=1S/C9H11/c1-2-6-9-7-4-3-5-8-9/h2-5,7H,1,6,8H2. The molecular formula is C9H11. The van der Waals surface area contributed by atoms with Crippen LogP contribution in [-0.4, -0.2) is 0 Å². The van der Waals surface area contributed by atoms with Gasteiger partial charge < -0.3 is 0 Å². The molecule has 0 unspecified atom stereocenters. The molecule has 0 spiro atoms. The molecule has 9 heavy (non-hydrogen) atoms. The van der Waals surface area contributed by atoms with Crippen molar-refractivity contribution in [3.8, 4) is 0 Å². The van der Waals surface area contributed by atoms with Crippen molar-refractivity contribution in [2.75, 3.05) is 0 Å². The Labute approximate surface area is 56.6 Å². The molecule has 0 saturated carbocycles. The van der Waals surface area contributed by atoms with Gasteiger partial charge in [-0.15, -0.1) is 6.58 Å². The van der Waals surface area contributed by atoms with Crippen molar-refractivity contribution in [2.24, 2.45) is 0 Å². The predicted molar refractivity (Wildman–Crippen MR) is 41.0 cm³/mol. The van der Waals surface area contributed by atoms with Gasteiger partial charge in [0.1, 0.15) is 0 Å². The Hall–Kier alpha value is -0.780. The molecular weight excluding hydrogens is 108 g/mol. The third-order valence-corrected chi connectivity index (χ3v) is 1.37. The van der Waals surface area contributed by atoms with E-state index in [0.717, 1.165) is 12.8 Å². The third kappa shape index (κ3) is 1.88. The fraction of sp³-hybridized carbons (Fsp3) is 0.222. The average Bonchev–Trinajstić information content (AvgIpc) is 1.91. The van der Waals surface area contributed by atoms with Gasteiger partial charge in [0.2, 0.25) is 0 Å². The zero-order valence-electron chi connectivity index (χ0n) is 5.51. The predicted octanol–water partition coefficient (Wildman–Crippen LogP) is 2.65. The van der Waals surface area contributed by atoms with Gasteiger partial charge in [0.05, 0.1) is 0 Å². The quantitative estimate of drug-likeness (QED) is 0.490. The van der Waals surface area contributed by atoms with E-state index in [1.54, 1.807) is 0 Å². The molecule has 47 valence electrons. The minimum absolute atomic E-state index is 1.03. The Kier molecular flexibility index (Phi) is 2.32. The number of rotatable bonds is 2. The molecule has 0 amide bonds. The number of hydrogen-bond donors (Lipinski definition) is 0. The van der Waals surface area contributed by atoms with Crippen molar-refractivity contribution in [1.82, 2.24) is 0 Å². The minimum Gasteiger partial charge on any atom is -0.103 e. The van der Waals surface area contributed by atoms with Crippen LogP contribution in [0.2, 0.25) is 0 Å². The summed E-state index contributed by atoms with van der Waals surface area (Å²) in [5, 5.41) is 0. The normalized spacial score (nSPS) is 18.2. The van der Waals surface area contributed by atoms with Crippen LogP contribution < -0.4 is 0 Å². The first-order valence-corrected chi connectivity index (χ1v) is 3.22. The molecule has 0 aromatic carbocycles. The summed E-state index contributed by atoms with van der Waals surface area (Å²) in [5.74, 6) is 1.45.